The summed E-state index contributed by atoms with van der Waals surface area (Å²) in [5.74, 6) is 1.56. The number of carbonyl (C=O) groups is 1. The summed E-state index contributed by atoms with van der Waals surface area (Å²) >= 11 is 1.29. The molecule has 2 aliphatic heterocycles. The molecular weight excluding hydrogens is 435 g/mol. The Labute approximate surface area is 188 Å². The molecule has 1 atom stereocenters. The van der Waals surface area contributed by atoms with E-state index < -0.39 is 0 Å². The summed E-state index contributed by atoms with van der Waals surface area (Å²) in [5, 5.41) is 12.1. The lowest BCUT2D eigenvalue weighted by Gasteiger charge is -2.14. The minimum Gasteiger partial charge on any atom is -0.454 e. The number of anilines is 1. The fraction of sp³-hybridized carbons (Fsp3) is 0.318. The summed E-state index contributed by atoms with van der Waals surface area (Å²) in [5.41, 5.74) is 1.39. The average Bonchev–Trinajstić information content (AvgIpc) is 3.54. The van der Waals surface area contributed by atoms with Crippen LogP contribution in [0.15, 0.2) is 47.6 Å². The third kappa shape index (κ3) is 4.56. The second kappa shape index (κ2) is 9.17. The van der Waals surface area contributed by atoms with Crippen LogP contribution < -0.4 is 14.8 Å². The van der Waals surface area contributed by atoms with Gasteiger partial charge in [0.15, 0.2) is 22.5 Å². The Morgan fingerprint density at radius 3 is 2.81 bits per heavy atom. The number of benzene rings is 2. The van der Waals surface area contributed by atoms with Crippen molar-refractivity contribution >= 4 is 23.4 Å². The van der Waals surface area contributed by atoms with Crippen LogP contribution in [0, 0.1) is 5.82 Å². The van der Waals surface area contributed by atoms with Crippen LogP contribution in [0.2, 0.25) is 0 Å². The molecule has 3 aromatic rings. The second-order valence-electron chi connectivity index (χ2n) is 7.46. The van der Waals surface area contributed by atoms with E-state index in [4.69, 9.17) is 14.2 Å². The molecule has 3 heterocycles. The van der Waals surface area contributed by atoms with E-state index in [2.05, 4.69) is 15.5 Å². The van der Waals surface area contributed by atoms with Crippen molar-refractivity contribution in [3.8, 4) is 22.9 Å². The molecule has 1 unspecified atom stereocenters. The minimum absolute atomic E-state index is 0.0620. The number of nitrogens with one attached hydrogen (secondary N) is 1. The van der Waals surface area contributed by atoms with E-state index in [-0.39, 0.29) is 30.4 Å². The third-order valence-corrected chi connectivity index (χ3v) is 6.18. The Morgan fingerprint density at radius 2 is 2.00 bits per heavy atom. The first-order chi connectivity index (χ1) is 15.7. The van der Waals surface area contributed by atoms with Gasteiger partial charge in [-0.15, -0.1) is 10.2 Å². The molecule has 1 aromatic heterocycles. The van der Waals surface area contributed by atoms with E-state index in [1.807, 2.05) is 4.57 Å². The highest BCUT2D eigenvalue weighted by atomic mass is 32.2. The molecule has 0 radical (unpaired) electrons. The third-order valence-electron chi connectivity index (χ3n) is 5.22. The normalized spacial score (nSPS) is 17.0. The second-order valence-corrected chi connectivity index (χ2v) is 8.41. The van der Waals surface area contributed by atoms with Gasteiger partial charge in [-0.05, 0) is 49.2 Å². The molecule has 0 bridgehead atoms. The number of thioether (sulfide) groups is 1. The van der Waals surface area contributed by atoms with Crippen LogP contribution in [0.1, 0.15) is 12.8 Å². The van der Waals surface area contributed by atoms with Gasteiger partial charge in [0, 0.05) is 23.9 Å². The van der Waals surface area contributed by atoms with E-state index in [1.165, 1.54) is 23.9 Å². The number of rotatable bonds is 7. The van der Waals surface area contributed by atoms with Crippen molar-refractivity contribution in [2.24, 2.45) is 0 Å². The molecule has 32 heavy (non-hydrogen) atoms. The first kappa shape index (κ1) is 20.8. The Hall–Kier alpha value is -3.11. The molecule has 1 amide bonds. The smallest absolute Gasteiger partial charge is 0.234 e. The van der Waals surface area contributed by atoms with Crippen molar-refractivity contribution in [3.05, 3.63) is 48.3 Å². The average molecular weight is 456 g/mol. The monoisotopic (exact) mass is 456 g/mol. The number of amides is 1. The SMILES string of the molecule is O=C(CSc1nnc(-c2ccc(F)cc2)n1CC1CCCO1)Nc1ccc2c(c1)OCO2. The van der Waals surface area contributed by atoms with E-state index in [0.717, 1.165) is 25.0 Å². The molecule has 1 fully saturated rings. The molecule has 0 spiro atoms. The van der Waals surface area contributed by atoms with Crippen LogP contribution in [0.5, 0.6) is 11.5 Å². The number of carbonyl (C=O) groups excluding carboxylic acids is 1. The predicted octanol–water partition coefficient (Wildman–Crippen LogP) is 3.72. The summed E-state index contributed by atoms with van der Waals surface area (Å²) in [6, 6.07) is 11.4. The van der Waals surface area contributed by atoms with Gasteiger partial charge in [-0.1, -0.05) is 11.8 Å². The van der Waals surface area contributed by atoms with Gasteiger partial charge in [0.25, 0.3) is 0 Å². The Balaban J connectivity index is 1.30. The Morgan fingerprint density at radius 1 is 1.16 bits per heavy atom. The van der Waals surface area contributed by atoms with Gasteiger partial charge < -0.3 is 19.5 Å². The zero-order valence-corrected chi connectivity index (χ0v) is 17.9. The zero-order chi connectivity index (χ0) is 21.9. The maximum absolute atomic E-state index is 13.4. The standard InChI is InChI=1S/C22H21FN4O4S/c23-15-5-3-14(4-6-15)21-25-26-22(27(21)11-17-2-1-9-29-17)32-12-20(28)24-16-7-8-18-19(10-16)31-13-30-18/h3-8,10,17H,1-2,9,11-13H2,(H,24,28). The molecule has 0 saturated carbocycles. The van der Waals surface area contributed by atoms with E-state index >= 15 is 0 Å². The van der Waals surface area contributed by atoms with Crippen LogP contribution >= 0.6 is 11.8 Å². The number of fused-ring (bicyclic) bond motifs is 1. The summed E-state index contributed by atoms with van der Waals surface area (Å²) in [6.07, 6.45) is 2.03. The molecule has 2 aliphatic rings. The summed E-state index contributed by atoms with van der Waals surface area (Å²) < 4.78 is 31.7. The van der Waals surface area contributed by atoms with E-state index in [1.54, 1.807) is 30.3 Å². The zero-order valence-electron chi connectivity index (χ0n) is 17.1. The van der Waals surface area contributed by atoms with Gasteiger partial charge in [-0.2, -0.15) is 0 Å². The summed E-state index contributed by atoms with van der Waals surface area (Å²) in [6.45, 7) is 1.49. The van der Waals surface area contributed by atoms with Gasteiger partial charge in [0.1, 0.15) is 5.82 Å². The lowest BCUT2D eigenvalue weighted by molar-refractivity contribution is -0.113. The Bertz CT molecular complexity index is 1120. The van der Waals surface area contributed by atoms with Gasteiger partial charge in [-0.3, -0.25) is 9.36 Å². The fourth-order valence-electron chi connectivity index (χ4n) is 3.67. The van der Waals surface area contributed by atoms with Crippen molar-refractivity contribution in [3.63, 3.8) is 0 Å². The molecule has 5 rings (SSSR count). The first-order valence-electron chi connectivity index (χ1n) is 10.3. The van der Waals surface area contributed by atoms with Crippen LogP contribution in [-0.2, 0) is 16.1 Å². The van der Waals surface area contributed by atoms with Crippen LogP contribution in [0.25, 0.3) is 11.4 Å². The van der Waals surface area contributed by atoms with Crippen molar-refractivity contribution < 1.29 is 23.4 Å². The number of halogens is 1. The highest BCUT2D eigenvalue weighted by Crippen LogP contribution is 2.34. The molecule has 1 N–H and O–H groups in total. The van der Waals surface area contributed by atoms with Crippen molar-refractivity contribution in [2.75, 3.05) is 24.5 Å². The predicted molar refractivity (Wildman–Crippen MR) is 116 cm³/mol. The maximum Gasteiger partial charge on any atom is 0.234 e. The van der Waals surface area contributed by atoms with Gasteiger partial charge in [0.05, 0.1) is 18.4 Å². The molecule has 166 valence electrons. The van der Waals surface area contributed by atoms with Gasteiger partial charge >= 0.3 is 0 Å². The highest BCUT2D eigenvalue weighted by Gasteiger charge is 2.22. The number of hydrogen-bond acceptors (Lipinski definition) is 7. The molecule has 1 saturated heterocycles. The van der Waals surface area contributed by atoms with Gasteiger partial charge in [-0.25, -0.2) is 4.39 Å². The minimum atomic E-state index is -0.311. The Kier molecular flexibility index (Phi) is 5.95. The molecule has 2 aromatic carbocycles. The lowest BCUT2D eigenvalue weighted by Crippen LogP contribution is -2.18. The lowest BCUT2D eigenvalue weighted by atomic mass is 10.2. The number of ether oxygens (including phenoxy) is 3. The molecule has 8 nitrogen and oxygen atoms in total. The van der Waals surface area contributed by atoms with Crippen molar-refractivity contribution in [1.82, 2.24) is 14.8 Å². The molecule has 10 heteroatoms. The topological polar surface area (TPSA) is 87.5 Å². The first-order valence-corrected chi connectivity index (χ1v) is 11.3. The van der Waals surface area contributed by atoms with Crippen LogP contribution in [0.4, 0.5) is 10.1 Å². The van der Waals surface area contributed by atoms with Crippen LogP contribution in [0.3, 0.4) is 0 Å². The molecule has 0 aliphatic carbocycles. The van der Waals surface area contributed by atoms with Crippen molar-refractivity contribution in [2.45, 2.75) is 30.6 Å². The van der Waals surface area contributed by atoms with Crippen molar-refractivity contribution in [1.29, 1.82) is 0 Å². The largest absolute Gasteiger partial charge is 0.454 e. The fourth-order valence-corrected chi connectivity index (χ4v) is 4.41. The number of nitrogens with zero attached hydrogens (tertiary/aromatic N) is 3. The van der Waals surface area contributed by atoms with E-state index in [9.17, 15) is 9.18 Å². The highest BCUT2D eigenvalue weighted by molar-refractivity contribution is 7.99. The maximum atomic E-state index is 13.4. The molecular formula is C22H21FN4O4S. The summed E-state index contributed by atoms with van der Waals surface area (Å²) in [4.78, 5) is 12.5. The quantitative estimate of drug-likeness (QED) is 0.542. The number of aromatic nitrogens is 3. The number of hydrogen-bond donors (Lipinski definition) is 1. The van der Waals surface area contributed by atoms with Crippen LogP contribution in [-0.4, -0.2) is 45.9 Å². The summed E-state index contributed by atoms with van der Waals surface area (Å²) in [7, 11) is 0. The van der Waals surface area contributed by atoms with E-state index in [0.29, 0.717) is 34.7 Å². The van der Waals surface area contributed by atoms with Gasteiger partial charge in [0.2, 0.25) is 12.7 Å².